The first-order chi connectivity index (χ1) is 6.97. The molecule has 0 bridgehead atoms. The van der Waals surface area contributed by atoms with Gasteiger partial charge in [-0.1, -0.05) is 0 Å². The predicted octanol–water partition coefficient (Wildman–Crippen LogP) is 1.93. The Labute approximate surface area is 92.0 Å². The number of aromatic carboxylic acids is 1. The van der Waals surface area contributed by atoms with Gasteiger partial charge in [0.15, 0.2) is 0 Å². The number of nitriles is 1. The van der Waals surface area contributed by atoms with Gasteiger partial charge in [-0.05, 0) is 28.1 Å². The number of rotatable bonds is 2. The van der Waals surface area contributed by atoms with E-state index in [0.29, 0.717) is 0 Å². The number of hydrogen-bond donors (Lipinski definition) is 1. The maximum Gasteiger partial charge on any atom is 0.335 e. The number of carboxylic acids is 1. The Hall–Kier alpha value is -1.94. The molecule has 1 rings (SSSR count). The third kappa shape index (κ3) is 2.11. The van der Waals surface area contributed by atoms with Gasteiger partial charge in [-0.15, -0.1) is 0 Å². The lowest BCUT2D eigenvalue weighted by Gasteiger charge is -2.00. The molecule has 0 unspecified atom stereocenters. The molecule has 0 aliphatic rings. The number of carbonyl (C=O) groups is 1. The molecular weight excluding hydrogens is 268 g/mol. The van der Waals surface area contributed by atoms with Crippen molar-refractivity contribution in [2.45, 2.75) is 0 Å². The number of benzene rings is 1. The minimum atomic E-state index is -1.25. The first-order valence-electron chi connectivity index (χ1n) is 3.58. The van der Waals surface area contributed by atoms with Gasteiger partial charge in [0.2, 0.25) is 0 Å². The van der Waals surface area contributed by atoms with Crippen LogP contribution in [0.5, 0.6) is 0 Å². The van der Waals surface area contributed by atoms with Crippen LogP contribution >= 0.6 is 15.9 Å². The summed E-state index contributed by atoms with van der Waals surface area (Å²) in [6.45, 7) is 0. The molecule has 15 heavy (non-hydrogen) atoms. The fraction of sp³-hybridized carbons (Fsp3) is 0. The molecule has 6 nitrogen and oxygen atoms in total. The van der Waals surface area contributed by atoms with Crippen molar-refractivity contribution < 1.29 is 14.8 Å². The van der Waals surface area contributed by atoms with Gasteiger partial charge in [0, 0.05) is 0 Å². The van der Waals surface area contributed by atoms with Gasteiger partial charge in [-0.3, -0.25) is 10.1 Å². The smallest absolute Gasteiger partial charge is 0.335 e. The van der Waals surface area contributed by atoms with Crippen molar-refractivity contribution in [1.29, 1.82) is 5.26 Å². The first kappa shape index (κ1) is 11.1. The molecular formula is C8H3BrN2O4. The Morgan fingerprint density at radius 2 is 2.20 bits per heavy atom. The van der Waals surface area contributed by atoms with Crippen LogP contribution in [0, 0.1) is 21.4 Å². The fourth-order valence-corrected chi connectivity index (χ4v) is 1.60. The normalized spacial score (nSPS) is 9.33. The Kier molecular flexibility index (Phi) is 3.01. The minimum Gasteiger partial charge on any atom is -0.478 e. The molecule has 0 saturated heterocycles. The summed E-state index contributed by atoms with van der Waals surface area (Å²) in [5.41, 5.74) is -0.890. The molecule has 0 aliphatic carbocycles. The van der Waals surface area contributed by atoms with Crippen LogP contribution in [0.3, 0.4) is 0 Å². The Morgan fingerprint density at radius 1 is 1.60 bits per heavy atom. The van der Waals surface area contributed by atoms with Crippen LogP contribution in [-0.4, -0.2) is 16.0 Å². The van der Waals surface area contributed by atoms with Gasteiger partial charge < -0.3 is 5.11 Å². The molecule has 1 N–H and O–H groups in total. The van der Waals surface area contributed by atoms with Crippen LogP contribution < -0.4 is 0 Å². The molecule has 7 heteroatoms. The van der Waals surface area contributed by atoms with Crippen molar-refractivity contribution in [3.05, 3.63) is 37.8 Å². The summed E-state index contributed by atoms with van der Waals surface area (Å²) in [6.07, 6.45) is 0. The van der Waals surface area contributed by atoms with Crippen LogP contribution in [0.15, 0.2) is 16.6 Å². The van der Waals surface area contributed by atoms with Gasteiger partial charge in [0.25, 0.3) is 0 Å². The lowest BCUT2D eigenvalue weighted by Crippen LogP contribution is -2.00. The quantitative estimate of drug-likeness (QED) is 0.653. The van der Waals surface area contributed by atoms with Gasteiger partial charge >= 0.3 is 11.7 Å². The highest BCUT2D eigenvalue weighted by Gasteiger charge is 2.21. The predicted molar refractivity (Wildman–Crippen MR) is 52.5 cm³/mol. The SMILES string of the molecule is N#Cc1cc(C(=O)O)cc(Br)c1[N+](=O)[O-]. The van der Waals surface area contributed by atoms with E-state index in [4.69, 9.17) is 10.4 Å². The summed E-state index contributed by atoms with van der Waals surface area (Å²) >= 11 is 2.85. The topological polar surface area (TPSA) is 104 Å². The highest BCUT2D eigenvalue weighted by Crippen LogP contribution is 2.29. The van der Waals surface area contributed by atoms with Crippen molar-refractivity contribution in [2.75, 3.05) is 0 Å². The van der Waals surface area contributed by atoms with E-state index < -0.39 is 16.6 Å². The third-order valence-corrected chi connectivity index (χ3v) is 2.22. The van der Waals surface area contributed by atoms with Crippen LogP contribution in [0.1, 0.15) is 15.9 Å². The zero-order valence-electron chi connectivity index (χ0n) is 7.10. The lowest BCUT2D eigenvalue weighted by atomic mass is 10.1. The maximum absolute atomic E-state index is 10.6. The highest BCUT2D eigenvalue weighted by atomic mass is 79.9. The number of nitrogens with zero attached hydrogens (tertiary/aromatic N) is 2. The monoisotopic (exact) mass is 270 g/mol. The van der Waals surface area contributed by atoms with E-state index in [1.54, 1.807) is 6.07 Å². The second-order valence-corrected chi connectivity index (χ2v) is 3.38. The molecule has 0 aromatic heterocycles. The highest BCUT2D eigenvalue weighted by molar-refractivity contribution is 9.10. The van der Waals surface area contributed by atoms with Crippen molar-refractivity contribution in [2.24, 2.45) is 0 Å². The van der Waals surface area contributed by atoms with E-state index in [1.807, 2.05) is 0 Å². The van der Waals surface area contributed by atoms with Gasteiger partial charge in [0.05, 0.1) is 15.0 Å². The molecule has 0 amide bonds. The Morgan fingerprint density at radius 3 is 2.60 bits per heavy atom. The Bertz CT molecular complexity index is 492. The number of nitro benzene ring substituents is 1. The number of carboxylic acid groups (broad SMARTS) is 1. The minimum absolute atomic E-state index is 0.0241. The van der Waals surface area contributed by atoms with Crippen molar-refractivity contribution >= 4 is 27.6 Å². The molecule has 1 aromatic carbocycles. The summed E-state index contributed by atoms with van der Waals surface area (Å²) in [7, 11) is 0. The Balaban J connectivity index is 3.53. The van der Waals surface area contributed by atoms with E-state index in [-0.39, 0.29) is 15.6 Å². The zero-order valence-corrected chi connectivity index (χ0v) is 8.69. The van der Waals surface area contributed by atoms with Crippen LogP contribution in [0.4, 0.5) is 5.69 Å². The van der Waals surface area contributed by atoms with E-state index in [0.717, 1.165) is 12.1 Å². The summed E-state index contributed by atoms with van der Waals surface area (Å²) in [5, 5.41) is 27.8. The summed E-state index contributed by atoms with van der Waals surface area (Å²) in [5.74, 6) is -1.25. The van der Waals surface area contributed by atoms with E-state index >= 15 is 0 Å². The summed E-state index contributed by atoms with van der Waals surface area (Å²) in [6, 6.07) is 3.63. The van der Waals surface area contributed by atoms with Crippen molar-refractivity contribution in [3.8, 4) is 6.07 Å². The van der Waals surface area contributed by atoms with E-state index in [2.05, 4.69) is 15.9 Å². The zero-order chi connectivity index (χ0) is 11.6. The molecule has 0 spiro atoms. The summed E-state index contributed by atoms with van der Waals surface area (Å²) < 4.78 is -0.0241. The average Bonchev–Trinajstić information content (AvgIpc) is 2.15. The lowest BCUT2D eigenvalue weighted by molar-refractivity contribution is -0.386. The number of hydrogen-bond acceptors (Lipinski definition) is 4. The largest absolute Gasteiger partial charge is 0.478 e. The van der Waals surface area contributed by atoms with E-state index in [1.165, 1.54) is 0 Å². The van der Waals surface area contributed by atoms with Crippen LogP contribution in [0.25, 0.3) is 0 Å². The third-order valence-electron chi connectivity index (χ3n) is 1.61. The molecule has 0 heterocycles. The van der Waals surface area contributed by atoms with Crippen LogP contribution in [-0.2, 0) is 0 Å². The second kappa shape index (κ2) is 4.06. The average molecular weight is 271 g/mol. The second-order valence-electron chi connectivity index (χ2n) is 2.53. The molecule has 76 valence electrons. The van der Waals surface area contributed by atoms with Gasteiger partial charge in [0.1, 0.15) is 11.6 Å². The maximum atomic E-state index is 10.6. The summed E-state index contributed by atoms with van der Waals surface area (Å²) in [4.78, 5) is 20.4. The number of nitro groups is 1. The molecule has 0 atom stereocenters. The van der Waals surface area contributed by atoms with Gasteiger partial charge in [-0.25, -0.2) is 4.79 Å². The molecule has 0 saturated carbocycles. The standard InChI is InChI=1S/C8H3BrN2O4/c9-6-2-4(8(12)13)1-5(3-10)7(6)11(14)15/h1-2H,(H,12,13). The molecule has 0 aliphatic heterocycles. The molecule has 0 fully saturated rings. The van der Waals surface area contributed by atoms with Crippen molar-refractivity contribution in [1.82, 2.24) is 0 Å². The number of halogens is 1. The molecule has 0 radical (unpaired) electrons. The van der Waals surface area contributed by atoms with Crippen LogP contribution in [0.2, 0.25) is 0 Å². The van der Waals surface area contributed by atoms with E-state index in [9.17, 15) is 14.9 Å². The molecule has 1 aromatic rings. The van der Waals surface area contributed by atoms with Crippen molar-refractivity contribution in [3.63, 3.8) is 0 Å². The van der Waals surface area contributed by atoms with Gasteiger partial charge in [-0.2, -0.15) is 5.26 Å². The first-order valence-corrected chi connectivity index (χ1v) is 4.38. The fourth-order valence-electron chi connectivity index (χ4n) is 0.993.